The monoisotopic (exact) mass is 342 g/mol. The largest absolute Gasteiger partial charge is 0.399 e. The number of aromatic nitrogens is 2. The van der Waals surface area contributed by atoms with E-state index in [9.17, 15) is 9.18 Å². The second-order valence-electron chi connectivity index (χ2n) is 4.99. The number of amides is 1. The smallest absolute Gasteiger partial charge is 0.256 e. The van der Waals surface area contributed by atoms with E-state index < -0.39 is 5.82 Å². The first-order chi connectivity index (χ1) is 11.5. The van der Waals surface area contributed by atoms with Crippen LogP contribution in [0.2, 0.25) is 5.15 Å². The van der Waals surface area contributed by atoms with E-state index in [1.165, 1.54) is 18.2 Å². The van der Waals surface area contributed by atoms with E-state index in [4.69, 9.17) is 17.3 Å². The maximum Gasteiger partial charge on any atom is 0.256 e. The van der Waals surface area contributed by atoms with E-state index >= 15 is 0 Å². The van der Waals surface area contributed by atoms with Gasteiger partial charge < -0.3 is 11.1 Å². The zero-order valence-electron chi connectivity index (χ0n) is 12.3. The second kappa shape index (κ2) is 6.64. The standard InChI is InChI=1S/C17H12ClFN4O/c18-14-9-15(23-17(24)10-4-6-13(20)7-5-10)22-16(21-14)11-2-1-3-12(19)8-11/h1-9H,20H2,(H,21,22,23,24). The molecule has 7 heteroatoms. The number of benzene rings is 2. The lowest BCUT2D eigenvalue weighted by Gasteiger charge is -2.07. The summed E-state index contributed by atoms with van der Waals surface area (Å²) < 4.78 is 13.3. The van der Waals surface area contributed by atoms with Crippen molar-refractivity contribution in [3.05, 3.63) is 71.1 Å². The highest BCUT2D eigenvalue weighted by molar-refractivity contribution is 6.29. The predicted octanol–water partition coefficient (Wildman–Crippen LogP) is 3.77. The van der Waals surface area contributed by atoms with E-state index in [0.29, 0.717) is 16.8 Å². The molecule has 2 aromatic carbocycles. The van der Waals surface area contributed by atoms with E-state index in [-0.39, 0.29) is 22.7 Å². The third kappa shape index (κ3) is 3.67. The van der Waals surface area contributed by atoms with Crippen molar-refractivity contribution in [3.63, 3.8) is 0 Å². The number of carbonyl (C=O) groups excluding carboxylic acids is 1. The number of nitrogen functional groups attached to an aromatic ring is 1. The summed E-state index contributed by atoms with van der Waals surface area (Å²) in [6.07, 6.45) is 0. The van der Waals surface area contributed by atoms with Gasteiger partial charge in [0.15, 0.2) is 5.82 Å². The average Bonchev–Trinajstić information content (AvgIpc) is 2.55. The summed E-state index contributed by atoms with van der Waals surface area (Å²) >= 11 is 5.98. The van der Waals surface area contributed by atoms with Gasteiger partial charge in [-0.05, 0) is 36.4 Å². The first-order valence-electron chi connectivity index (χ1n) is 6.99. The molecule has 0 aliphatic rings. The van der Waals surface area contributed by atoms with Crippen LogP contribution in [0.5, 0.6) is 0 Å². The summed E-state index contributed by atoms with van der Waals surface area (Å²) in [4.78, 5) is 20.5. The molecule has 0 aliphatic carbocycles. The minimum atomic E-state index is -0.413. The summed E-state index contributed by atoms with van der Waals surface area (Å²) in [6, 6.07) is 13.7. The highest BCUT2D eigenvalue weighted by atomic mass is 35.5. The van der Waals surface area contributed by atoms with Crippen LogP contribution in [0.4, 0.5) is 15.9 Å². The van der Waals surface area contributed by atoms with Gasteiger partial charge in [0.05, 0.1) is 0 Å². The van der Waals surface area contributed by atoms with E-state index in [1.54, 1.807) is 36.4 Å². The molecule has 1 aromatic heterocycles. The Bertz CT molecular complexity index is 899. The molecule has 0 radical (unpaired) electrons. The highest BCUT2D eigenvalue weighted by Crippen LogP contribution is 2.21. The minimum Gasteiger partial charge on any atom is -0.399 e. The molecule has 0 bridgehead atoms. The number of rotatable bonds is 3. The first-order valence-corrected chi connectivity index (χ1v) is 7.36. The number of nitrogens with zero attached hydrogens (tertiary/aromatic N) is 2. The summed E-state index contributed by atoms with van der Waals surface area (Å²) in [5, 5.41) is 2.77. The zero-order valence-corrected chi connectivity index (χ0v) is 13.1. The van der Waals surface area contributed by atoms with Gasteiger partial charge in [0.1, 0.15) is 16.8 Å². The Morgan fingerprint density at radius 3 is 2.54 bits per heavy atom. The molecule has 0 aliphatic heterocycles. The van der Waals surface area contributed by atoms with Crippen molar-refractivity contribution >= 4 is 29.0 Å². The molecule has 120 valence electrons. The van der Waals surface area contributed by atoms with Crippen molar-refractivity contribution in [2.45, 2.75) is 0 Å². The molecule has 3 N–H and O–H groups in total. The molecule has 0 unspecified atom stereocenters. The number of halogens is 2. The molecule has 0 atom stereocenters. The van der Waals surface area contributed by atoms with Gasteiger partial charge in [-0.3, -0.25) is 4.79 Å². The van der Waals surface area contributed by atoms with Crippen LogP contribution in [0.1, 0.15) is 10.4 Å². The van der Waals surface area contributed by atoms with Gasteiger partial charge >= 0.3 is 0 Å². The molecular formula is C17H12ClFN4O. The van der Waals surface area contributed by atoms with Crippen LogP contribution < -0.4 is 11.1 Å². The molecule has 24 heavy (non-hydrogen) atoms. The van der Waals surface area contributed by atoms with Crippen LogP contribution in [-0.4, -0.2) is 15.9 Å². The number of hydrogen-bond donors (Lipinski definition) is 2. The van der Waals surface area contributed by atoms with Crippen LogP contribution in [0.25, 0.3) is 11.4 Å². The lowest BCUT2D eigenvalue weighted by atomic mass is 10.2. The molecule has 1 amide bonds. The third-order valence-electron chi connectivity index (χ3n) is 3.19. The molecule has 0 saturated carbocycles. The Balaban J connectivity index is 1.89. The minimum absolute atomic E-state index is 0.136. The highest BCUT2D eigenvalue weighted by Gasteiger charge is 2.11. The van der Waals surface area contributed by atoms with Gasteiger partial charge in [-0.15, -0.1) is 0 Å². The maximum absolute atomic E-state index is 13.3. The summed E-state index contributed by atoms with van der Waals surface area (Å²) in [6.45, 7) is 0. The SMILES string of the molecule is Nc1ccc(C(=O)Nc2cc(Cl)nc(-c3cccc(F)c3)n2)cc1. The van der Waals surface area contributed by atoms with Gasteiger partial charge in [0, 0.05) is 22.9 Å². The normalized spacial score (nSPS) is 10.4. The van der Waals surface area contributed by atoms with Gasteiger partial charge in [0.2, 0.25) is 0 Å². The van der Waals surface area contributed by atoms with Crippen LogP contribution >= 0.6 is 11.6 Å². The van der Waals surface area contributed by atoms with Crippen LogP contribution in [0.15, 0.2) is 54.6 Å². The van der Waals surface area contributed by atoms with E-state index in [2.05, 4.69) is 15.3 Å². The lowest BCUT2D eigenvalue weighted by Crippen LogP contribution is -2.13. The Labute approximate surface area is 142 Å². The fourth-order valence-electron chi connectivity index (χ4n) is 2.06. The Hall–Kier alpha value is -2.99. The number of carbonyl (C=O) groups is 1. The zero-order chi connectivity index (χ0) is 17.1. The van der Waals surface area contributed by atoms with Crippen molar-refractivity contribution in [3.8, 4) is 11.4 Å². The van der Waals surface area contributed by atoms with E-state index in [1.807, 2.05) is 0 Å². The fraction of sp³-hybridized carbons (Fsp3) is 0. The Kier molecular flexibility index (Phi) is 4.39. The van der Waals surface area contributed by atoms with Crippen molar-refractivity contribution in [1.82, 2.24) is 9.97 Å². The Morgan fingerprint density at radius 1 is 1.08 bits per heavy atom. The quantitative estimate of drug-likeness (QED) is 0.561. The molecule has 0 saturated heterocycles. The first kappa shape index (κ1) is 15.9. The van der Waals surface area contributed by atoms with Crippen molar-refractivity contribution < 1.29 is 9.18 Å². The molecular weight excluding hydrogens is 331 g/mol. The lowest BCUT2D eigenvalue weighted by molar-refractivity contribution is 0.102. The van der Waals surface area contributed by atoms with E-state index in [0.717, 1.165) is 0 Å². The van der Waals surface area contributed by atoms with Gasteiger partial charge in [-0.2, -0.15) is 0 Å². The van der Waals surface area contributed by atoms with Gasteiger partial charge in [-0.1, -0.05) is 23.7 Å². The van der Waals surface area contributed by atoms with Crippen LogP contribution in [0.3, 0.4) is 0 Å². The number of nitrogens with one attached hydrogen (secondary N) is 1. The maximum atomic E-state index is 13.3. The van der Waals surface area contributed by atoms with Crippen molar-refractivity contribution in [2.75, 3.05) is 11.1 Å². The molecule has 3 rings (SSSR count). The average molecular weight is 343 g/mol. The van der Waals surface area contributed by atoms with Crippen LogP contribution in [0, 0.1) is 5.82 Å². The number of anilines is 2. The Morgan fingerprint density at radius 2 is 1.83 bits per heavy atom. The fourth-order valence-corrected chi connectivity index (χ4v) is 2.24. The predicted molar refractivity (Wildman–Crippen MR) is 91.2 cm³/mol. The topological polar surface area (TPSA) is 80.9 Å². The molecule has 3 aromatic rings. The van der Waals surface area contributed by atoms with Crippen LogP contribution in [-0.2, 0) is 0 Å². The third-order valence-corrected chi connectivity index (χ3v) is 3.39. The van der Waals surface area contributed by atoms with Gasteiger partial charge in [-0.25, -0.2) is 14.4 Å². The molecule has 5 nitrogen and oxygen atoms in total. The number of nitrogens with two attached hydrogens (primary N) is 1. The molecule has 1 heterocycles. The molecule has 0 fully saturated rings. The van der Waals surface area contributed by atoms with Crippen molar-refractivity contribution in [2.24, 2.45) is 0 Å². The molecule has 0 spiro atoms. The number of hydrogen-bond acceptors (Lipinski definition) is 4. The van der Waals surface area contributed by atoms with Crippen molar-refractivity contribution in [1.29, 1.82) is 0 Å². The summed E-state index contributed by atoms with van der Waals surface area (Å²) in [7, 11) is 0. The summed E-state index contributed by atoms with van der Waals surface area (Å²) in [5.41, 5.74) is 7.04. The summed E-state index contributed by atoms with van der Waals surface area (Å²) in [5.74, 6) is -0.343. The second-order valence-corrected chi connectivity index (χ2v) is 5.37. The van der Waals surface area contributed by atoms with Gasteiger partial charge in [0.25, 0.3) is 5.91 Å².